The van der Waals surface area contributed by atoms with Gasteiger partial charge in [0.05, 0.1) is 5.71 Å². The molecule has 112 valence electrons. The molecule has 0 aromatic carbocycles. The van der Waals surface area contributed by atoms with Gasteiger partial charge in [0.25, 0.3) is 0 Å². The summed E-state index contributed by atoms with van der Waals surface area (Å²) in [5.41, 5.74) is 1.01. The summed E-state index contributed by atoms with van der Waals surface area (Å²) in [6.07, 6.45) is 3.14. The molecule has 0 aliphatic carbocycles. The van der Waals surface area contributed by atoms with Crippen LogP contribution < -0.4 is 10.6 Å². The van der Waals surface area contributed by atoms with Crippen molar-refractivity contribution in [3.05, 3.63) is 23.2 Å². The molecule has 0 rings (SSSR count). The molecule has 0 heterocycles. The molecule has 0 radical (unpaired) electrons. The smallest absolute Gasteiger partial charge is 0.134 e. The molecule has 0 aliphatic rings. The number of oxime groups is 1. The highest BCUT2D eigenvalue weighted by atomic mass is 16.6. The van der Waals surface area contributed by atoms with Gasteiger partial charge in [-0.25, -0.2) is 4.99 Å². The lowest BCUT2D eigenvalue weighted by atomic mass is 10.1. The Morgan fingerprint density at radius 1 is 1.45 bits per heavy atom. The highest BCUT2D eigenvalue weighted by molar-refractivity contribution is 6.06. The summed E-state index contributed by atoms with van der Waals surface area (Å²) in [5.74, 6) is 1.14. The van der Waals surface area contributed by atoms with Crippen LogP contribution in [0.5, 0.6) is 0 Å². The fourth-order valence-electron chi connectivity index (χ4n) is 1.26. The zero-order valence-electron chi connectivity index (χ0n) is 12.9. The van der Waals surface area contributed by atoms with Gasteiger partial charge >= 0.3 is 0 Å². The molecule has 0 spiro atoms. The predicted octanol–water partition coefficient (Wildman–Crippen LogP) is 2.06. The van der Waals surface area contributed by atoms with Crippen LogP contribution in [-0.2, 0) is 4.84 Å². The Morgan fingerprint density at radius 3 is 2.60 bits per heavy atom. The first-order valence-corrected chi connectivity index (χ1v) is 6.47. The number of hydrogen-bond donors (Lipinski definition) is 3. The Labute approximate surface area is 121 Å². The van der Waals surface area contributed by atoms with E-state index in [1.54, 1.807) is 26.1 Å². The Bertz CT molecular complexity index is 423. The summed E-state index contributed by atoms with van der Waals surface area (Å²) in [6.45, 7) is 11.6. The van der Waals surface area contributed by atoms with Crippen LogP contribution in [0.25, 0.3) is 0 Å². The SMILES string of the molecule is C=N/C(NC[C@H](C)NC)=C(/C)C(=N)/C=C(\C)O/N=C/C. The largest absolute Gasteiger partial charge is 0.368 e. The third-order valence-electron chi connectivity index (χ3n) is 2.64. The van der Waals surface area contributed by atoms with Crippen molar-refractivity contribution in [2.75, 3.05) is 13.6 Å². The van der Waals surface area contributed by atoms with Crippen molar-refractivity contribution in [2.24, 2.45) is 10.1 Å². The van der Waals surface area contributed by atoms with E-state index in [1.165, 1.54) is 0 Å². The molecule has 6 heteroatoms. The summed E-state index contributed by atoms with van der Waals surface area (Å²) in [5, 5.41) is 18.0. The zero-order chi connectivity index (χ0) is 15.5. The minimum absolute atomic E-state index is 0.299. The maximum atomic E-state index is 8.02. The van der Waals surface area contributed by atoms with Gasteiger partial charge in [-0.15, -0.1) is 0 Å². The lowest BCUT2D eigenvalue weighted by Gasteiger charge is -2.14. The summed E-state index contributed by atoms with van der Waals surface area (Å²) in [4.78, 5) is 8.97. The minimum atomic E-state index is 0.299. The third-order valence-corrected chi connectivity index (χ3v) is 2.64. The van der Waals surface area contributed by atoms with E-state index in [1.807, 2.05) is 14.0 Å². The standard InChI is InChI=1S/C14H25N5O/c1-7-19-20-11(3)8-13(15)12(4)14(17-6)18-9-10(2)16-5/h7-8,10,15-16,18H,6,9H2,1-5H3/b11-8+,14-12+,15-13?,19-7+/t10-/m0/s1. The van der Waals surface area contributed by atoms with E-state index < -0.39 is 0 Å². The average Bonchev–Trinajstić information content (AvgIpc) is 2.44. The number of aliphatic imine (C=N–C) groups is 1. The lowest BCUT2D eigenvalue weighted by Crippen LogP contribution is -2.33. The van der Waals surface area contributed by atoms with Gasteiger partial charge in [0.15, 0.2) is 0 Å². The number of hydrogen-bond acceptors (Lipinski definition) is 6. The van der Waals surface area contributed by atoms with E-state index in [2.05, 4.69) is 34.4 Å². The van der Waals surface area contributed by atoms with Crippen LogP contribution in [0.4, 0.5) is 0 Å². The van der Waals surface area contributed by atoms with Crippen molar-refractivity contribution in [1.29, 1.82) is 5.41 Å². The zero-order valence-corrected chi connectivity index (χ0v) is 12.9. The van der Waals surface area contributed by atoms with Crippen LogP contribution in [0.3, 0.4) is 0 Å². The Hall–Kier alpha value is -1.95. The molecule has 0 saturated carbocycles. The van der Waals surface area contributed by atoms with Gasteiger partial charge in [-0.1, -0.05) is 5.16 Å². The second kappa shape index (κ2) is 9.91. The van der Waals surface area contributed by atoms with Gasteiger partial charge < -0.3 is 20.9 Å². The van der Waals surface area contributed by atoms with Crippen LogP contribution in [0.2, 0.25) is 0 Å². The predicted molar refractivity (Wildman–Crippen MR) is 85.5 cm³/mol. The maximum absolute atomic E-state index is 8.02. The Kier molecular flexibility index (Phi) is 8.95. The number of likely N-dealkylation sites (N-methyl/N-ethyl adjacent to an activating group) is 1. The molecule has 0 aliphatic heterocycles. The lowest BCUT2D eigenvalue weighted by molar-refractivity contribution is 0.232. The van der Waals surface area contributed by atoms with E-state index in [0.29, 0.717) is 35.5 Å². The molecular formula is C14H25N5O. The van der Waals surface area contributed by atoms with E-state index in [9.17, 15) is 0 Å². The molecule has 0 unspecified atom stereocenters. The molecule has 0 fully saturated rings. The van der Waals surface area contributed by atoms with Crippen molar-refractivity contribution in [1.82, 2.24) is 10.6 Å². The molecule has 3 N–H and O–H groups in total. The van der Waals surface area contributed by atoms with Gasteiger partial charge in [0.1, 0.15) is 11.6 Å². The van der Waals surface area contributed by atoms with Crippen LogP contribution in [0.15, 0.2) is 33.4 Å². The minimum Gasteiger partial charge on any atom is -0.368 e. The maximum Gasteiger partial charge on any atom is 0.134 e. The molecule has 0 aromatic rings. The van der Waals surface area contributed by atoms with Crippen molar-refractivity contribution in [2.45, 2.75) is 33.7 Å². The molecule has 0 amide bonds. The fourth-order valence-corrected chi connectivity index (χ4v) is 1.26. The molecule has 0 aromatic heterocycles. The Morgan fingerprint density at radius 2 is 2.10 bits per heavy atom. The van der Waals surface area contributed by atoms with E-state index >= 15 is 0 Å². The highest BCUT2D eigenvalue weighted by Gasteiger charge is 2.07. The molecule has 0 bridgehead atoms. The fraction of sp³-hybridized carbons (Fsp3) is 0.500. The van der Waals surface area contributed by atoms with Crippen molar-refractivity contribution >= 4 is 18.6 Å². The first-order chi connectivity index (χ1) is 9.46. The van der Waals surface area contributed by atoms with Gasteiger partial charge in [-0.2, -0.15) is 0 Å². The van der Waals surface area contributed by atoms with Gasteiger partial charge in [-0.3, -0.25) is 0 Å². The second-order valence-electron chi connectivity index (χ2n) is 4.33. The first kappa shape index (κ1) is 18.0. The molecule has 6 nitrogen and oxygen atoms in total. The molecule has 1 atom stereocenters. The normalized spacial score (nSPS) is 14.8. The number of nitrogens with one attached hydrogen (secondary N) is 3. The highest BCUT2D eigenvalue weighted by Crippen LogP contribution is 2.07. The van der Waals surface area contributed by atoms with E-state index in [4.69, 9.17) is 10.2 Å². The number of rotatable bonds is 9. The van der Waals surface area contributed by atoms with Gasteiger partial charge in [0, 0.05) is 30.5 Å². The summed E-state index contributed by atoms with van der Waals surface area (Å²) in [7, 11) is 1.89. The summed E-state index contributed by atoms with van der Waals surface area (Å²) >= 11 is 0. The third kappa shape index (κ3) is 6.84. The van der Waals surface area contributed by atoms with Crippen molar-refractivity contribution in [3.8, 4) is 0 Å². The Balaban J connectivity index is 4.86. The van der Waals surface area contributed by atoms with Crippen LogP contribution in [0, 0.1) is 5.41 Å². The second-order valence-corrected chi connectivity index (χ2v) is 4.33. The summed E-state index contributed by atoms with van der Waals surface area (Å²) in [6, 6.07) is 0.299. The number of nitrogens with zero attached hydrogens (tertiary/aromatic N) is 2. The molecule has 0 saturated heterocycles. The van der Waals surface area contributed by atoms with Crippen molar-refractivity contribution in [3.63, 3.8) is 0 Å². The number of allylic oxidation sites excluding steroid dienone is 3. The van der Waals surface area contributed by atoms with Crippen LogP contribution in [-0.4, -0.2) is 38.3 Å². The van der Waals surface area contributed by atoms with Gasteiger partial charge in [0.2, 0.25) is 0 Å². The van der Waals surface area contributed by atoms with Crippen molar-refractivity contribution < 1.29 is 4.84 Å². The average molecular weight is 279 g/mol. The van der Waals surface area contributed by atoms with E-state index in [-0.39, 0.29) is 0 Å². The molecular weight excluding hydrogens is 254 g/mol. The summed E-state index contributed by atoms with van der Waals surface area (Å²) < 4.78 is 0. The quantitative estimate of drug-likeness (QED) is 0.343. The monoisotopic (exact) mass is 279 g/mol. The molecule has 20 heavy (non-hydrogen) atoms. The topological polar surface area (TPSA) is 81.9 Å². The van der Waals surface area contributed by atoms with Gasteiger partial charge in [-0.05, 0) is 41.5 Å². The van der Waals surface area contributed by atoms with E-state index in [0.717, 1.165) is 0 Å². The first-order valence-electron chi connectivity index (χ1n) is 6.47. The van der Waals surface area contributed by atoms with Crippen LogP contribution >= 0.6 is 0 Å². The van der Waals surface area contributed by atoms with Crippen LogP contribution in [0.1, 0.15) is 27.7 Å².